The van der Waals surface area contributed by atoms with Crippen LogP contribution in [-0.2, 0) is 0 Å². The molecule has 0 unspecified atom stereocenters. The van der Waals surface area contributed by atoms with Gasteiger partial charge in [-0.05, 0) is 18.6 Å². The Morgan fingerprint density at radius 1 is 1.24 bits per heavy atom. The Morgan fingerprint density at radius 3 is 2.65 bits per heavy atom. The second-order valence-corrected chi connectivity index (χ2v) is 3.72. The van der Waals surface area contributed by atoms with Crippen molar-refractivity contribution in [2.24, 2.45) is 0 Å². The van der Waals surface area contributed by atoms with Crippen molar-refractivity contribution in [2.45, 2.75) is 26.2 Å². The number of benzene rings is 1. The van der Waals surface area contributed by atoms with Crippen LogP contribution >= 0.6 is 0 Å². The van der Waals surface area contributed by atoms with Gasteiger partial charge >= 0.3 is 6.03 Å². The number of halogens is 2. The van der Waals surface area contributed by atoms with Crippen LogP contribution in [0.4, 0.5) is 19.3 Å². The highest BCUT2D eigenvalue weighted by atomic mass is 19.2. The monoisotopic (exact) mass is 242 g/mol. The first-order valence-electron chi connectivity index (χ1n) is 5.63. The lowest BCUT2D eigenvalue weighted by atomic mass is 10.2. The van der Waals surface area contributed by atoms with Gasteiger partial charge in [0.1, 0.15) is 0 Å². The van der Waals surface area contributed by atoms with Crippen molar-refractivity contribution in [2.75, 3.05) is 11.9 Å². The van der Waals surface area contributed by atoms with Crippen LogP contribution in [-0.4, -0.2) is 12.6 Å². The fourth-order valence-electron chi connectivity index (χ4n) is 1.33. The fourth-order valence-corrected chi connectivity index (χ4v) is 1.33. The van der Waals surface area contributed by atoms with Gasteiger partial charge in [0.2, 0.25) is 0 Å². The van der Waals surface area contributed by atoms with Gasteiger partial charge in [0.25, 0.3) is 0 Å². The number of anilines is 1. The van der Waals surface area contributed by atoms with Gasteiger partial charge in [0, 0.05) is 18.3 Å². The number of unbranched alkanes of at least 4 members (excludes halogenated alkanes) is 2. The third-order valence-electron chi connectivity index (χ3n) is 2.24. The van der Waals surface area contributed by atoms with Gasteiger partial charge < -0.3 is 10.6 Å². The average Bonchev–Trinajstić information content (AvgIpc) is 2.30. The summed E-state index contributed by atoms with van der Waals surface area (Å²) in [5.41, 5.74) is 0.233. The maximum atomic E-state index is 12.8. The summed E-state index contributed by atoms with van der Waals surface area (Å²) in [6.45, 7) is 2.64. The zero-order valence-corrected chi connectivity index (χ0v) is 9.72. The van der Waals surface area contributed by atoms with Crippen LogP contribution in [0.1, 0.15) is 26.2 Å². The molecule has 0 fully saturated rings. The van der Waals surface area contributed by atoms with E-state index in [9.17, 15) is 13.6 Å². The van der Waals surface area contributed by atoms with Crippen molar-refractivity contribution in [3.8, 4) is 0 Å². The van der Waals surface area contributed by atoms with Gasteiger partial charge in [0.05, 0.1) is 0 Å². The van der Waals surface area contributed by atoms with E-state index in [2.05, 4.69) is 17.6 Å². The lowest BCUT2D eigenvalue weighted by molar-refractivity contribution is 0.252. The highest BCUT2D eigenvalue weighted by Gasteiger charge is 2.05. The van der Waals surface area contributed by atoms with E-state index in [0.29, 0.717) is 6.54 Å². The Bertz CT molecular complexity index is 383. The SMILES string of the molecule is CCCCCNC(=O)Nc1ccc(F)c(F)c1. The van der Waals surface area contributed by atoms with E-state index in [-0.39, 0.29) is 5.69 Å². The molecule has 5 heteroatoms. The number of amides is 2. The summed E-state index contributed by atoms with van der Waals surface area (Å²) in [5, 5.41) is 5.06. The Balaban J connectivity index is 2.37. The number of nitrogens with one attached hydrogen (secondary N) is 2. The van der Waals surface area contributed by atoms with Crippen LogP contribution in [0.3, 0.4) is 0 Å². The highest BCUT2D eigenvalue weighted by molar-refractivity contribution is 5.89. The van der Waals surface area contributed by atoms with Gasteiger partial charge in [0.15, 0.2) is 11.6 Å². The second kappa shape index (κ2) is 6.83. The maximum absolute atomic E-state index is 12.8. The number of hydrogen-bond acceptors (Lipinski definition) is 1. The summed E-state index contributed by atoms with van der Waals surface area (Å²) >= 11 is 0. The first kappa shape index (κ1) is 13.4. The molecule has 1 aromatic carbocycles. The molecule has 1 rings (SSSR count). The lowest BCUT2D eigenvalue weighted by Crippen LogP contribution is -2.29. The summed E-state index contributed by atoms with van der Waals surface area (Å²) in [4.78, 5) is 11.3. The maximum Gasteiger partial charge on any atom is 0.319 e. The van der Waals surface area contributed by atoms with Crippen LogP contribution < -0.4 is 10.6 Å². The summed E-state index contributed by atoms with van der Waals surface area (Å²) in [7, 11) is 0. The van der Waals surface area contributed by atoms with Crippen LogP contribution in [0.2, 0.25) is 0 Å². The molecule has 0 atom stereocenters. The van der Waals surface area contributed by atoms with E-state index in [1.54, 1.807) is 0 Å². The molecule has 17 heavy (non-hydrogen) atoms. The Hall–Kier alpha value is -1.65. The van der Waals surface area contributed by atoms with E-state index in [0.717, 1.165) is 31.4 Å². The van der Waals surface area contributed by atoms with Crippen LogP contribution in [0.5, 0.6) is 0 Å². The predicted molar refractivity (Wildman–Crippen MR) is 62.9 cm³/mol. The predicted octanol–water partition coefficient (Wildman–Crippen LogP) is 3.28. The normalized spacial score (nSPS) is 10.1. The van der Waals surface area contributed by atoms with E-state index in [1.807, 2.05) is 0 Å². The molecule has 2 amide bonds. The standard InChI is InChI=1S/C12H16F2N2O/c1-2-3-4-7-15-12(17)16-9-5-6-10(13)11(14)8-9/h5-6,8H,2-4,7H2,1H3,(H2,15,16,17). The molecule has 0 saturated heterocycles. The minimum Gasteiger partial charge on any atom is -0.338 e. The minimum absolute atomic E-state index is 0.233. The molecular formula is C12H16F2N2O. The molecule has 1 aromatic rings. The molecule has 0 aliphatic carbocycles. The first-order valence-corrected chi connectivity index (χ1v) is 5.63. The Kier molecular flexibility index (Phi) is 5.39. The summed E-state index contributed by atoms with van der Waals surface area (Å²) in [5.74, 6) is -1.91. The fraction of sp³-hybridized carbons (Fsp3) is 0.417. The smallest absolute Gasteiger partial charge is 0.319 e. The lowest BCUT2D eigenvalue weighted by Gasteiger charge is -2.07. The molecule has 0 bridgehead atoms. The Labute approximate surface area is 99.2 Å². The first-order chi connectivity index (χ1) is 8.13. The zero-order chi connectivity index (χ0) is 12.7. The van der Waals surface area contributed by atoms with E-state index >= 15 is 0 Å². The topological polar surface area (TPSA) is 41.1 Å². The number of hydrogen-bond donors (Lipinski definition) is 2. The van der Waals surface area contributed by atoms with E-state index < -0.39 is 17.7 Å². The summed E-state index contributed by atoms with van der Waals surface area (Å²) in [6, 6.07) is 2.82. The van der Waals surface area contributed by atoms with Crippen molar-refractivity contribution in [1.29, 1.82) is 0 Å². The zero-order valence-electron chi connectivity index (χ0n) is 9.72. The van der Waals surface area contributed by atoms with Crippen LogP contribution in [0.15, 0.2) is 18.2 Å². The molecule has 0 aliphatic heterocycles. The molecule has 0 aromatic heterocycles. The van der Waals surface area contributed by atoms with Crippen molar-refractivity contribution >= 4 is 11.7 Å². The molecule has 3 nitrogen and oxygen atoms in total. The van der Waals surface area contributed by atoms with Gasteiger partial charge in [-0.25, -0.2) is 13.6 Å². The van der Waals surface area contributed by atoms with Crippen molar-refractivity contribution in [3.63, 3.8) is 0 Å². The number of urea groups is 1. The van der Waals surface area contributed by atoms with E-state index in [4.69, 9.17) is 0 Å². The highest BCUT2D eigenvalue weighted by Crippen LogP contribution is 2.12. The molecule has 0 heterocycles. The summed E-state index contributed by atoms with van der Waals surface area (Å²) < 4.78 is 25.5. The number of carbonyl (C=O) groups is 1. The van der Waals surface area contributed by atoms with Crippen LogP contribution in [0.25, 0.3) is 0 Å². The third-order valence-corrected chi connectivity index (χ3v) is 2.24. The molecule has 0 radical (unpaired) electrons. The summed E-state index contributed by atoms with van der Waals surface area (Å²) in [6.07, 6.45) is 3.03. The second-order valence-electron chi connectivity index (χ2n) is 3.72. The quantitative estimate of drug-likeness (QED) is 0.764. The van der Waals surface area contributed by atoms with Gasteiger partial charge in [-0.15, -0.1) is 0 Å². The third kappa shape index (κ3) is 4.80. The average molecular weight is 242 g/mol. The van der Waals surface area contributed by atoms with Gasteiger partial charge in [-0.3, -0.25) is 0 Å². The van der Waals surface area contributed by atoms with Crippen molar-refractivity contribution in [3.05, 3.63) is 29.8 Å². The molecule has 0 spiro atoms. The Morgan fingerprint density at radius 2 is 2.00 bits per heavy atom. The van der Waals surface area contributed by atoms with E-state index in [1.165, 1.54) is 6.07 Å². The van der Waals surface area contributed by atoms with Crippen molar-refractivity contribution < 1.29 is 13.6 Å². The van der Waals surface area contributed by atoms with Crippen molar-refractivity contribution in [1.82, 2.24) is 5.32 Å². The minimum atomic E-state index is -0.978. The van der Waals surface area contributed by atoms with Crippen LogP contribution in [0, 0.1) is 11.6 Å². The molecule has 2 N–H and O–H groups in total. The van der Waals surface area contributed by atoms with Gasteiger partial charge in [-0.2, -0.15) is 0 Å². The molecular weight excluding hydrogens is 226 g/mol. The molecule has 94 valence electrons. The molecule has 0 aliphatic rings. The van der Waals surface area contributed by atoms with Gasteiger partial charge in [-0.1, -0.05) is 19.8 Å². The largest absolute Gasteiger partial charge is 0.338 e. The number of carbonyl (C=O) groups excluding carboxylic acids is 1. The number of rotatable bonds is 5. The molecule has 0 saturated carbocycles.